The first-order valence-corrected chi connectivity index (χ1v) is 9.53. The van der Waals surface area contributed by atoms with Gasteiger partial charge >= 0.3 is 0 Å². The largest absolute Gasteiger partial charge is 0.329 e. The maximum Gasteiger partial charge on any atom is 0.269 e. The molecule has 1 saturated heterocycles. The van der Waals surface area contributed by atoms with Gasteiger partial charge in [0.25, 0.3) is 5.69 Å². The van der Waals surface area contributed by atoms with Gasteiger partial charge in [-0.05, 0) is 12.1 Å². The smallest absolute Gasteiger partial charge is 0.269 e. The number of non-ortho nitro benzene ring substituents is 1. The van der Waals surface area contributed by atoms with Crippen LogP contribution in [-0.4, -0.2) is 43.8 Å². The highest BCUT2D eigenvalue weighted by molar-refractivity contribution is 7.89. The highest BCUT2D eigenvalue weighted by Gasteiger charge is 2.30. The SMILES string of the molecule is O=[N+]([O-])c1cccc(C[NH+]2CCN(S(=O)(=O)c3ccccc3)CC2)c1. The number of quaternary nitrogens is 1. The van der Waals surface area contributed by atoms with E-state index in [4.69, 9.17) is 0 Å². The second-order valence-electron chi connectivity index (χ2n) is 6.07. The fourth-order valence-corrected chi connectivity index (χ4v) is 4.49. The van der Waals surface area contributed by atoms with Crippen molar-refractivity contribution in [2.24, 2.45) is 0 Å². The van der Waals surface area contributed by atoms with Crippen molar-refractivity contribution in [1.82, 2.24) is 4.31 Å². The molecule has 25 heavy (non-hydrogen) atoms. The highest BCUT2D eigenvalue weighted by atomic mass is 32.2. The molecule has 0 spiro atoms. The predicted molar refractivity (Wildman–Crippen MR) is 92.7 cm³/mol. The second kappa shape index (κ2) is 7.30. The van der Waals surface area contributed by atoms with Gasteiger partial charge in [0.1, 0.15) is 6.54 Å². The van der Waals surface area contributed by atoms with Crippen LogP contribution in [0.4, 0.5) is 5.69 Å². The van der Waals surface area contributed by atoms with Crippen molar-refractivity contribution in [3.63, 3.8) is 0 Å². The number of nitro benzene ring substituents is 1. The fraction of sp³-hybridized carbons (Fsp3) is 0.294. The van der Waals surface area contributed by atoms with Gasteiger partial charge < -0.3 is 4.90 Å². The molecule has 0 amide bonds. The topological polar surface area (TPSA) is 85.0 Å². The summed E-state index contributed by atoms with van der Waals surface area (Å²) in [7, 11) is -3.45. The van der Waals surface area contributed by atoms with Crippen LogP contribution in [0.15, 0.2) is 59.5 Å². The monoisotopic (exact) mass is 362 g/mol. The number of nitro groups is 1. The van der Waals surface area contributed by atoms with Gasteiger partial charge in [-0.2, -0.15) is 4.31 Å². The molecule has 7 nitrogen and oxygen atoms in total. The molecule has 1 fully saturated rings. The average molecular weight is 362 g/mol. The van der Waals surface area contributed by atoms with E-state index < -0.39 is 14.9 Å². The van der Waals surface area contributed by atoms with Crippen LogP contribution in [0.2, 0.25) is 0 Å². The van der Waals surface area contributed by atoms with Crippen molar-refractivity contribution in [1.29, 1.82) is 0 Å². The Morgan fingerprint density at radius 1 is 1.04 bits per heavy atom. The van der Waals surface area contributed by atoms with E-state index in [1.165, 1.54) is 15.3 Å². The van der Waals surface area contributed by atoms with Gasteiger partial charge in [-0.1, -0.05) is 30.3 Å². The Morgan fingerprint density at radius 3 is 2.36 bits per heavy atom. The molecule has 1 aliphatic heterocycles. The third-order valence-electron chi connectivity index (χ3n) is 4.39. The third-order valence-corrected chi connectivity index (χ3v) is 6.30. The zero-order chi connectivity index (χ0) is 17.9. The lowest BCUT2D eigenvalue weighted by molar-refractivity contribution is -0.917. The highest BCUT2D eigenvalue weighted by Crippen LogP contribution is 2.15. The number of hydrogen-bond donors (Lipinski definition) is 1. The number of nitrogens with zero attached hydrogens (tertiary/aromatic N) is 2. The zero-order valence-corrected chi connectivity index (χ0v) is 14.5. The summed E-state index contributed by atoms with van der Waals surface area (Å²) in [5.74, 6) is 0. The van der Waals surface area contributed by atoms with E-state index in [1.54, 1.807) is 42.5 Å². The summed E-state index contributed by atoms with van der Waals surface area (Å²) in [6.45, 7) is 2.90. The number of benzene rings is 2. The van der Waals surface area contributed by atoms with Gasteiger partial charge in [0.15, 0.2) is 0 Å². The Kier molecular flexibility index (Phi) is 5.12. The van der Waals surface area contributed by atoms with Crippen molar-refractivity contribution in [3.05, 3.63) is 70.3 Å². The Hall–Kier alpha value is -2.29. The summed E-state index contributed by atoms with van der Waals surface area (Å²) >= 11 is 0. The molecule has 8 heteroatoms. The first-order chi connectivity index (χ1) is 12.0. The molecule has 2 aromatic carbocycles. The lowest BCUT2D eigenvalue weighted by Crippen LogP contribution is -3.13. The molecule has 0 aliphatic carbocycles. The molecular formula is C17H20N3O4S+. The summed E-state index contributed by atoms with van der Waals surface area (Å²) in [5, 5.41) is 10.9. The Bertz CT molecular complexity index is 847. The lowest BCUT2D eigenvalue weighted by Gasteiger charge is -2.31. The molecule has 1 aliphatic rings. The molecule has 0 aromatic heterocycles. The predicted octanol–water partition coefficient (Wildman–Crippen LogP) is 0.684. The molecule has 132 valence electrons. The summed E-state index contributed by atoms with van der Waals surface area (Å²) in [5.41, 5.74) is 0.978. The van der Waals surface area contributed by atoms with E-state index in [-0.39, 0.29) is 5.69 Å². The van der Waals surface area contributed by atoms with Crippen LogP contribution in [0.25, 0.3) is 0 Å². The van der Waals surface area contributed by atoms with Crippen molar-refractivity contribution in [2.75, 3.05) is 26.2 Å². The van der Waals surface area contributed by atoms with Crippen molar-refractivity contribution in [3.8, 4) is 0 Å². The van der Waals surface area contributed by atoms with Crippen LogP contribution in [0.5, 0.6) is 0 Å². The second-order valence-corrected chi connectivity index (χ2v) is 8.01. The lowest BCUT2D eigenvalue weighted by atomic mass is 10.2. The number of nitrogens with one attached hydrogen (secondary N) is 1. The van der Waals surface area contributed by atoms with E-state index in [2.05, 4.69) is 0 Å². The van der Waals surface area contributed by atoms with Crippen LogP contribution >= 0.6 is 0 Å². The van der Waals surface area contributed by atoms with E-state index in [0.29, 0.717) is 37.6 Å². The number of piperazine rings is 1. The normalized spacial score (nSPS) is 16.6. The Morgan fingerprint density at radius 2 is 1.72 bits per heavy atom. The average Bonchev–Trinajstić information content (AvgIpc) is 2.63. The molecule has 2 aromatic rings. The maximum absolute atomic E-state index is 12.6. The van der Waals surface area contributed by atoms with Gasteiger partial charge in [0.05, 0.1) is 36.0 Å². The van der Waals surface area contributed by atoms with E-state index in [1.807, 2.05) is 6.07 Å². The first-order valence-electron chi connectivity index (χ1n) is 8.09. The van der Waals surface area contributed by atoms with Crippen LogP contribution in [-0.2, 0) is 16.6 Å². The van der Waals surface area contributed by atoms with E-state index >= 15 is 0 Å². The number of sulfonamides is 1. The van der Waals surface area contributed by atoms with Crippen molar-refractivity contribution in [2.45, 2.75) is 11.4 Å². The summed E-state index contributed by atoms with van der Waals surface area (Å²) < 4.78 is 26.7. The molecule has 0 atom stereocenters. The van der Waals surface area contributed by atoms with Gasteiger partial charge in [0, 0.05) is 17.7 Å². The fourth-order valence-electron chi connectivity index (χ4n) is 3.03. The third kappa shape index (κ3) is 4.04. The van der Waals surface area contributed by atoms with Crippen LogP contribution in [0, 0.1) is 10.1 Å². The molecule has 0 saturated carbocycles. The quantitative estimate of drug-likeness (QED) is 0.626. The summed E-state index contributed by atoms with van der Waals surface area (Å²) in [6.07, 6.45) is 0. The van der Waals surface area contributed by atoms with E-state index in [0.717, 1.165) is 5.56 Å². The van der Waals surface area contributed by atoms with Gasteiger partial charge in [-0.15, -0.1) is 0 Å². The first kappa shape index (κ1) is 17.5. The van der Waals surface area contributed by atoms with Gasteiger partial charge in [-0.3, -0.25) is 10.1 Å². The molecular weight excluding hydrogens is 342 g/mol. The molecule has 0 unspecified atom stereocenters. The molecule has 3 rings (SSSR count). The molecule has 1 N–H and O–H groups in total. The minimum atomic E-state index is -3.45. The minimum Gasteiger partial charge on any atom is -0.329 e. The van der Waals surface area contributed by atoms with E-state index in [9.17, 15) is 18.5 Å². The zero-order valence-electron chi connectivity index (χ0n) is 13.7. The molecule has 0 bridgehead atoms. The Balaban J connectivity index is 1.62. The van der Waals surface area contributed by atoms with Crippen LogP contribution in [0.1, 0.15) is 5.56 Å². The van der Waals surface area contributed by atoms with Gasteiger partial charge in [0.2, 0.25) is 10.0 Å². The van der Waals surface area contributed by atoms with Gasteiger partial charge in [-0.25, -0.2) is 8.42 Å². The van der Waals surface area contributed by atoms with Crippen molar-refractivity contribution < 1.29 is 18.2 Å². The number of hydrogen-bond acceptors (Lipinski definition) is 4. The molecule has 1 heterocycles. The Labute approximate surface area is 146 Å². The standard InChI is InChI=1S/C17H19N3O4S/c21-20(22)16-6-4-5-15(13-16)14-18-9-11-19(12-10-18)25(23,24)17-7-2-1-3-8-17/h1-8,13H,9-12,14H2/p+1. The molecule has 0 radical (unpaired) electrons. The van der Waals surface area contributed by atoms with Crippen molar-refractivity contribution >= 4 is 15.7 Å². The van der Waals surface area contributed by atoms with Crippen LogP contribution in [0.3, 0.4) is 0 Å². The maximum atomic E-state index is 12.6. The van der Waals surface area contributed by atoms with Crippen LogP contribution < -0.4 is 4.90 Å². The minimum absolute atomic E-state index is 0.0854. The summed E-state index contributed by atoms with van der Waals surface area (Å²) in [6, 6.07) is 15.1. The summed E-state index contributed by atoms with van der Waals surface area (Å²) in [4.78, 5) is 12.0. The number of rotatable bonds is 5.